The number of aliphatic carboxylic acids is 1. The second-order valence-electron chi connectivity index (χ2n) is 4.60. The molecule has 0 amide bonds. The summed E-state index contributed by atoms with van der Waals surface area (Å²) < 4.78 is 0. The van der Waals surface area contributed by atoms with E-state index < -0.39 is 12.1 Å². The lowest BCUT2D eigenvalue weighted by Crippen LogP contribution is -2.27. The lowest BCUT2D eigenvalue weighted by Gasteiger charge is -2.17. The van der Waals surface area contributed by atoms with Gasteiger partial charge in [0, 0.05) is 0 Å². The first-order chi connectivity index (χ1) is 8.61. The fourth-order valence-corrected chi connectivity index (χ4v) is 1.80. The summed E-state index contributed by atoms with van der Waals surface area (Å²) in [5.41, 5.74) is 0.403. The van der Waals surface area contributed by atoms with Crippen LogP contribution < -0.4 is 5.32 Å². The highest BCUT2D eigenvalue weighted by atomic mass is 16.4. The third kappa shape index (κ3) is 5.29. The van der Waals surface area contributed by atoms with Gasteiger partial charge >= 0.3 is 5.97 Å². The Labute approximate surface area is 108 Å². The van der Waals surface area contributed by atoms with Crippen molar-refractivity contribution in [2.45, 2.75) is 25.9 Å². The van der Waals surface area contributed by atoms with Crippen molar-refractivity contribution in [1.82, 2.24) is 5.32 Å². The number of carbonyl (C=O) groups is 1. The van der Waals surface area contributed by atoms with Gasteiger partial charge in [-0.2, -0.15) is 0 Å². The fourth-order valence-electron chi connectivity index (χ4n) is 1.80. The molecule has 3 N–H and O–H groups in total. The largest absolute Gasteiger partial charge is 0.479 e. The van der Waals surface area contributed by atoms with Gasteiger partial charge in [0.2, 0.25) is 0 Å². The van der Waals surface area contributed by atoms with Crippen LogP contribution in [0.25, 0.3) is 0 Å². The number of carboxylic acid groups (broad SMARTS) is 1. The molecule has 2 rings (SSSR count). The molecule has 1 aliphatic rings. The average Bonchev–Trinajstić information content (AvgIpc) is 2.40. The SMILES string of the molecule is C[C@@H]1CCCNC1.O=C(O)C(O)c1ccccc1. The third-order valence-corrected chi connectivity index (χ3v) is 2.89. The number of rotatable bonds is 2. The number of hydrogen-bond donors (Lipinski definition) is 3. The predicted molar refractivity (Wildman–Crippen MR) is 70.3 cm³/mol. The monoisotopic (exact) mass is 251 g/mol. The molecule has 18 heavy (non-hydrogen) atoms. The highest BCUT2D eigenvalue weighted by Gasteiger charge is 2.14. The van der Waals surface area contributed by atoms with Crippen LogP contribution in [-0.4, -0.2) is 29.3 Å². The molecule has 0 aliphatic carbocycles. The topological polar surface area (TPSA) is 69.6 Å². The van der Waals surface area contributed by atoms with Gasteiger partial charge in [-0.1, -0.05) is 37.3 Å². The normalized spacial score (nSPS) is 20.4. The number of nitrogens with one attached hydrogen (secondary N) is 1. The molecule has 4 heteroatoms. The number of hydrogen-bond acceptors (Lipinski definition) is 3. The maximum absolute atomic E-state index is 10.2. The quantitative estimate of drug-likeness (QED) is 0.749. The van der Waals surface area contributed by atoms with Crippen LogP contribution in [0.1, 0.15) is 31.4 Å². The molecule has 100 valence electrons. The lowest BCUT2D eigenvalue weighted by molar-refractivity contribution is -0.146. The molecule has 0 saturated carbocycles. The molecule has 1 unspecified atom stereocenters. The number of carboxylic acids is 1. The van der Waals surface area contributed by atoms with Crippen LogP contribution in [-0.2, 0) is 4.79 Å². The molecular weight excluding hydrogens is 230 g/mol. The van der Waals surface area contributed by atoms with Crippen molar-refractivity contribution in [3.8, 4) is 0 Å². The van der Waals surface area contributed by atoms with Crippen LogP contribution >= 0.6 is 0 Å². The second kappa shape index (κ2) is 7.84. The van der Waals surface area contributed by atoms with Crippen molar-refractivity contribution < 1.29 is 15.0 Å². The summed E-state index contributed by atoms with van der Waals surface area (Å²) in [5, 5.41) is 20.7. The van der Waals surface area contributed by atoms with Crippen molar-refractivity contribution in [2.75, 3.05) is 13.1 Å². The molecule has 4 nitrogen and oxygen atoms in total. The highest BCUT2D eigenvalue weighted by Crippen LogP contribution is 2.11. The average molecular weight is 251 g/mol. The highest BCUT2D eigenvalue weighted by molar-refractivity contribution is 5.73. The van der Waals surface area contributed by atoms with Gasteiger partial charge in [-0.25, -0.2) is 4.79 Å². The molecule has 0 radical (unpaired) electrons. The Hall–Kier alpha value is -1.39. The Balaban J connectivity index is 0.000000199. The molecule has 1 aromatic rings. The molecule has 1 aliphatic heterocycles. The minimum Gasteiger partial charge on any atom is -0.479 e. The van der Waals surface area contributed by atoms with E-state index in [-0.39, 0.29) is 0 Å². The Morgan fingerprint density at radius 2 is 2.06 bits per heavy atom. The smallest absolute Gasteiger partial charge is 0.337 e. The van der Waals surface area contributed by atoms with Crippen molar-refractivity contribution in [3.63, 3.8) is 0 Å². The zero-order valence-corrected chi connectivity index (χ0v) is 10.7. The second-order valence-corrected chi connectivity index (χ2v) is 4.60. The van der Waals surface area contributed by atoms with Crippen LogP contribution in [0, 0.1) is 5.92 Å². The summed E-state index contributed by atoms with van der Waals surface area (Å²) in [6, 6.07) is 8.26. The van der Waals surface area contributed by atoms with Gasteiger partial charge in [0.15, 0.2) is 6.10 Å². The first kappa shape index (κ1) is 14.7. The van der Waals surface area contributed by atoms with E-state index >= 15 is 0 Å². The fraction of sp³-hybridized carbons (Fsp3) is 0.500. The molecule has 1 fully saturated rings. The van der Waals surface area contributed by atoms with E-state index in [0.717, 1.165) is 5.92 Å². The summed E-state index contributed by atoms with van der Waals surface area (Å²) in [5.74, 6) is -0.301. The van der Waals surface area contributed by atoms with Crippen molar-refractivity contribution >= 4 is 5.97 Å². The molecule has 2 atom stereocenters. The van der Waals surface area contributed by atoms with Gasteiger partial charge in [-0.15, -0.1) is 0 Å². The Bertz CT molecular complexity index is 347. The van der Waals surface area contributed by atoms with E-state index in [1.807, 2.05) is 0 Å². The van der Waals surface area contributed by atoms with E-state index in [0.29, 0.717) is 5.56 Å². The van der Waals surface area contributed by atoms with E-state index in [1.54, 1.807) is 30.3 Å². The van der Waals surface area contributed by atoms with E-state index in [9.17, 15) is 4.79 Å². The predicted octanol–water partition coefficient (Wildman–Crippen LogP) is 1.81. The number of aliphatic hydroxyl groups is 1. The van der Waals surface area contributed by atoms with Crippen LogP contribution in [0.2, 0.25) is 0 Å². The van der Waals surface area contributed by atoms with Crippen LogP contribution in [0.3, 0.4) is 0 Å². The molecular formula is C14H21NO3. The van der Waals surface area contributed by atoms with Gasteiger partial charge in [0.1, 0.15) is 0 Å². The minimum absolute atomic E-state index is 0.403. The summed E-state index contributed by atoms with van der Waals surface area (Å²) in [7, 11) is 0. The van der Waals surface area contributed by atoms with Gasteiger partial charge in [-0.05, 0) is 37.4 Å². The number of piperidine rings is 1. The lowest BCUT2D eigenvalue weighted by atomic mass is 10.0. The third-order valence-electron chi connectivity index (χ3n) is 2.89. The Morgan fingerprint density at radius 1 is 1.39 bits per heavy atom. The van der Waals surface area contributed by atoms with Gasteiger partial charge in [-0.3, -0.25) is 0 Å². The summed E-state index contributed by atoms with van der Waals surface area (Å²) in [6.07, 6.45) is 1.39. The summed E-state index contributed by atoms with van der Waals surface area (Å²) in [6.45, 7) is 4.77. The van der Waals surface area contributed by atoms with Crippen molar-refractivity contribution in [2.24, 2.45) is 5.92 Å². The maximum atomic E-state index is 10.2. The number of aliphatic hydroxyl groups excluding tert-OH is 1. The molecule has 0 spiro atoms. The first-order valence-electron chi connectivity index (χ1n) is 6.27. The van der Waals surface area contributed by atoms with Crippen LogP contribution in [0.5, 0.6) is 0 Å². The van der Waals surface area contributed by atoms with Gasteiger partial charge in [0.25, 0.3) is 0 Å². The van der Waals surface area contributed by atoms with E-state index in [4.69, 9.17) is 10.2 Å². The summed E-state index contributed by atoms with van der Waals surface area (Å²) >= 11 is 0. The van der Waals surface area contributed by atoms with Crippen molar-refractivity contribution in [1.29, 1.82) is 0 Å². The Kier molecular flexibility index (Phi) is 6.39. The Morgan fingerprint density at radius 3 is 2.44 bits per heavy atom. The number of benzene rings is 1. The summed E-state index contributed by atoms with van der Waals surface area (Å²) in [4.78, 5) is 10.2. The molecule has 0 bridgehead atoms. The zero-order chi connectivity index (χ0) is 13.4. The van der Waals surface area contributed by atoms with Gasteiger partial charge < -0.3 is 15.5 Å². The first-order valence-corrected chi connectivity index (χ1v) is 6.27. The molecule has 1 aromatic carbocycles. The minimum atomic E-state index is -1.41. The zero-order valence-electron chi connectivity index (χ0n) is 10.7. The van der Waals surface area contributed by atoms with Crippen molar-refractivity contribution in [3.05, 3.63) is 35.9 Å². The van der Waals surface area contributed by atoms with Gasteiger partial charge in [0.05, 0.1) is 0 Å². The maximum Gasteiger partial charge on any atom is 0.337 e. The van der Waals surface area contributed by atoms with E-state index in [2.05, 4.69) is 12.2 Å². The van der Waals surface area contributed by atoms with Crippen LogP contribution in [0.15, 0.2) is 30.3 Å². The molecule has 1 heterocycles. The molecule has 1 saturated heterocycles. The van der Waals surface area contributed by atoms with Crippen LogP contribution in [0.4, 0.5) is 0 Å². The standard InChI is InChI=1S/C8H8O3.C6H13N/c9-7(8(10)11)6-4-2-1-3-5-6;1-6-3-2-4-7-5-6/h1-5,7,9H,(H,10,11);6-7H,2-5H2,1H3/t;6-/m.1/s1. The van der Waals surface area contributed by atoms with E-state index in [1.165, 1.54) is 25.9 Å². The molecule has 0 aromatic heterocycles.